The van der Waals surface area contributed by atoms with E-state index in [-0.39, 0.29) is 12.4 Å². The van der Waals surface area contributed by atoms with Gasteiger partial charge in [0.05, 0.1) is 18.7 Å². The van der Waals surface area contributed by atoms with Gasteiger partial charge in [0, 0.05) is 13.1 Å². The Balaban J connectivity index is 0.00000288. The third-order valence-corrected chi connectivity index (χ3v) is 3.82. The highest BCUT2D eigenvalue weighted by Crippen LogP contribution is 2.36. The number of benzene rings is 2. The molecule has 0 saturated carbocycles. The van der Waals surface area contributed by atoms with E-state index in [1.807, 2.05) is 30.3 Å². The fourth-order valence-electron chi connectivity index (χ4n) is 2.28. The van der Waals surface area contributed by atoms with Crippen LogP contribution in [0.2, 0.25) is 5.02 Å². The molecule has 0 radical (unpaired) electrons. The van der Waals surface area contributed by atoms with Crippen molar-refractivity contribution < 1.29 is 9.47 Å². The van der Waals surface area contributed by atoms with Crippen LogP contribution in [-0.2, 0) is 13.1 Å². The van der Waals surface area contributed by atoms with Crippen LogP contribution in [0.4, 0.5) is 0 Å². The minimum absolute atomic E-state index is 0. The first-order valence-electron chi connectivity index (χ1n) is 7.98. The molecular weight excluding hydrogens is 345 g/mol. The Kier molecular flexibility index (Phi) is 9.62. The lowest BCUT2D eigenvalue weighted by Gasteiger charge is -2.14. The molecule has 1 N–H and O–H groups in total. The zero-order chi connectivity index (χ0) is 16.5. The predicted molar refractivity (Wildman–Crippen MR) is 103 cm³/mol. The summed E-state index contributed by atoms with van der Waals surface area (Å²) in [6, 6.07) is 14.2. The van der Waals surface area contributed by atoms with Crippen molar-refractivity contribution in [2.24, 2.45) is 0 Å². The Labute approximate surface area is 155 Å². The van der Waals surface area contributed by atoms with Crippen molar-refractivity contribution in [3.63, 3.8) is 0 Å². The third-order valence-electron chi connectivity index (χ3n) is 3.53. The molecule has 0 atom stereocenters. The molecule has 24 heavy (non-hydrogen) atoms. The molecule has 0 aliphatic heterocycles. The molecule has 0 bridgehead atoms. The summed E-state index contributed by atoms with van der Waals surface area (Å²) >= 11 is 6.36. The number of unbranched alkanes of at least 4 members (excludes halogenated alkanes) is 1. The predicted octanol–water partition coefficient (Wildman–Crippen LogP) is 5.24. The van der Waals surface area contributed by atoms with Crippen LogP contribution in [0.1, 0.15) is 30.9 Å². The molecule has 132 valence electrons. The summed E-state index contributed by atoms with van der Waals surface area (Å²) in [5, 5.41) is 4.01. The Hall–Kier alpha value is -1.42. The minimum atomic E-state index is 0. The first-order chi connectivity index (χ1) is 11.2. The van der Waals surface area contributed by atoms with Gasteiger partial charge in [-0.05, 0) is 29.7 Å². The van der Waals surface area contributed by atoms with Crippen LogP contribution in [0, 0.1) is 0 Å². The maximum Gasteiger partial charge on any atom is 0.179 e. The van der Waals surface area contributed by atoms with Crippen molar-refractivity contribution in [3.8, 4) is 11.5 Å². The smallest absolute Gasteiger partial charge is 0.179 e. The van der Waals surface area contributed by atoms with E-state index in [1.165, 1.54) is 5.56 Å². The molecule has 0 aliphatic rings. The minimum Gasteiger partial charge on any atom is -0.493 e. The van der Waals surface area contributed by atoms with E-state index in [0.717, 1.165) is 31.5 Å². The zero-order valence-corrected chi connectivity index (χ0v) is 15.8. The molecular formula is C19H25Cl2NO2. The Morgan fingerprint density at radius 2 is 1.75 bits per heavy atom. The summed E-state index contributed by atoms with van der Waals surface area (Å²) in [5.74, 6) is 1.32. The monoisotopic (exact) mass is 369 g/mol. The average Bonchev–Trinajstić information content (AvgIpc) is 2.57. The second kappa shape index (κ2) is 11.2. The molecule has 0 aliphatic carbocycles. The fourth-order valence-corrected chi connectivity index (χ4v) is 2.57. The van der Waals surface area contributed by atoms with Crippen LogP contribution in [0.15, 0.2) is 42.5 Å². The van der Waals surface area contributed by atoms with Crippen LogP contribution >= 0.6 is 24.0 Å². The molecule has 0 aromatic heterocycles. The molecule has 0 fully saturated rings. The number of methoxy groups -OCH3 is 1. The third kappa shape index (κ3) is 6.23. The van der Waals surface area contributed by atoms with Crippen molar-refractivity contribution in [3.05, 3.63) is 58.6 Å². The Morgan fingerprint density at radius 1 is 1.04 bits per heavy atom. The van der Waals surface area contributed by atoms with Gasteiger partial charge in [-0.15, -0.1) is 12.4 Å². The molecule has 0 unspecified atom stereocenters. The summed E-state index contributed by atoms with van der Waals surface area (Å²) in [7, 11) is 1.64. The van der Waals surface area contributed by atoms with Gasteiger partial charge in [-0.2, -0.15) is 0 Å². The second-order valence-electron chi connectivity index (χ2n) is 5.40. The number of hydrogen-bond donors (Lipinski definition) is 1. The summed E-state index contributed by atoms with van der Waals surface area (Å²) in [6.45, 7) is 4.32. The lowest BCUT2D eigenvalue weighted by atomic mass is 10.2. The van der Waals surface area contributed by atoms with Gasteiger partial charge in [-0.25, -0.2) is 0 Å². The van der Waals surface area contributed by atoms with Crippen molar-refractivity contribution in [2.75, 3.05) is 13.7 Å². The van der Waals surface area contributed by atoms with Crippen LogP contribution in [-0.4, -0.2) is 13.7 Å². The fraction of sp³-hybridized carbons (Fsp3) is 0.368. The topological polar surface area (TPSA) is 30.5 Å². The highest BCUT2D eigenvalue weighted by atomic mass is 35.5. The van der Waals surface area contributed by atoms with Gasteiger partial charge < -0.3 is 14.8 Å². The van der Waals surface area contributed by atoms with Gasteiger partial charge >= 0.3 is 0 Å². The first-order valence-corrected chi connectivity index (χ1v) is 8.36. The van der Waals surface area contributed by atoms with E-state index in [9.17, 15) is 0 Å². The lowest BCUT2D eigenvalue weighted by molar-refractivity contribution is 0.288. The average molecular weight is 370 g/mol. The normalized spacial score (nSPS) is 10.1. The number of rotatable bonds is 9. The van der Waals surface area contributed by atoms with Crippen LogP contribution < -0.4 is 14.8 Å². The number of nitrogens with one attached hydrogen (secondary N) is 1. The van der Waals surface area contributed by atoms with Crippen molar-refractivity contribution >= 4 is 24.0 Å². The Bertz CT molecular complexity index is 606. The van der Waals surface area contributed by atoms with E-state index in [4.69, 9.17) is 21.1 Å². The summed E-state index contributed by atoms with van der Waals surface area (Å²) in [4.78, 5) is 0. The van der Waals surface area contributed by atoms with Crippen molar-refractivity contribution in [1.29, 1.82) is 0 Å². The molecule has 5 heteroatoms. The summed E-state index contributed by atoms with van der Waals surface area (Å²) < 4.78 is 11.2. The summed E-state index contributed by atoms with van der Waals surface area (Å²) in [6.07, 6.45) is 2.08. The largest absolute Gasteiger partial charge is 0.493 e. The number of hydrogen-bond acceptors (Lipinski definition) is 3. The van der Waals surface area contributed by atoms with Gasteiger partial charge in [-0.1, -0.05) is 55.3 Å². The summed E-state index contributed by atoms with van der Waals surface area (Å²) in [5.41, 5.74) is 2.33. The Morgan fingerprint density at radius 3 is 2.42 bits per heavy atom. The second-order valence-corrected chi connectivity index (χ2v) is 5.81. The van der Waals surface area contributed by atoms with Crippen molar-refractivity contribution in [2.45, 2.75) is 32.9 Å². The van der Waals surface area contributed by atoms with Crippen LogP contribution in [0.5, 0.6) is 11.5 Å². The van der Waals surface area contributed by atoms with Gasteiger partial charge in [0.2, 0.25) is 0 Å². The zero-order valence-electron chi connectivity index (χ0n) is 14.2. The van der Waals surface area contributed by atoms with Crippen molar-refractivity contribution in [1.82, 2.24) is 5.32 Å². The highest BCUT2D eigenvalue weighted by molar-refractivity contribution is 6.32. The molecule has 2 aromatic rings. The molecule has 0 spiro atoms. The molecule has 2 aromatic carbocycles. The van der Waals surface area contributed by atoms with Gasteiger partial charge in [0.15, 0.2) is 11.5 Å². The molecule has 0 amide bonds. The van der Waals surface area contributed by atoms with E-state index < -0.39 is 0 Å². The number of halogens is 2. The lowest BCUT2D eigenvalue weighted by Crippen LogP contribution is -2.12. The van der Waals surface area contributed by atoms with Crippen LogP contribution in [0.3, 0.4) is 0 Å². The van der Waals surface area contributed by atoms with E-state index >= 15 is 0 Å². The SMILES string of the molecule is CCCCOc1c(Cl)cc(CNCc2ccccc2)cc1OC.Cl. The molecule has 0 heterocycles. The highest BCUT2D eigenvalue weighted by Gasteiger charge is 2.11. The molecule has 2 rings (SSSR count). The van der Waals surface area contributed by atoms with Crippen LogP contribution in [0.25, 0.3) is 0 Å². The van der Waals surface area contributed by atoms with Gasteiger partial charge in [-0.3, -0.25) is 0 Å². The first kappa shape index (κ1) is 20.6. The molecule has 3 nitrogen and oxygen atoms in total. The van der Waals surface area contributed by atoms with Gasteiger partial charge in [0.1, 0.15) is 0 Å². The quantitative estimate of drug-likeness (QED) is 0.613. The number of ether oxygens (including phenoxy) is 2. The van der Waals surface area contributed by atoms with Gasteiger partial charge in [0.25, 0.3) is 0 Å². The maximum absolute atomic E-state index is 6.36. The van der Waals surface area contributed by atoms with E-state index in [2.05, 4.69) is 24.4 Å². The maximum atomic E-state index is 6.36. The standard InChI is InChI=1S/C19H24ClNO2.ClH/c1-3-4-10-23-19-17(20)11-16(12-18(19)22-2)14-21-13-15-8-6-5-7-9-15;/h5-9,11-12,21H,3-4,10,13-14H2,1-2H3;1H. The van der Waals surface area contributed by atoms with E-state index in [1.54, 1.807) is 7.11 Å². The molecule has 0 saturated heterocycles. The van der Waals surface area contributed by atoms with E-state index in [0.29, 0.717) is 23.1 Å².